The summed E-state index contributed by atoms with van der Waals surface area (Å²) in [7, 11) is 2.24. The van der Waals surface area contributed by atoms with E-state index in [4.69, 9.17) is 5.26 Å². The fourth-order valence-electron chi connectivity index (χ4n) is 1.20. The molecule has 90 valence electrons. The molecule has 0 saturated heterocycles. The van der Waals surface area contributed by atoms with E-state index in [1.807, 2.05) is 0 Å². The zero-order valence-electron chi connectivity index (χ0n) is 9.03. The molecule has 17 heavy (non-hydrogen) atoms. The third-order valence-corrected chi connectivity index (χ3v) is 1.95. The summed E-state index contributed by atoms with van der Waals surface area (Å²) < 4.78 is 34.4. The largest absolute Gasteiger partial charge is 0.481 e. The van der Waals surface area contributed by atoms with Crippen molar-refractivity contribution in [2.45, 2.75) is 6.43 Å². The van der Waals surface area contributed by atoms with E-state index in [2.05, 4.69) is 14.5 Å². The van der Waals surface area contributed by atoms with Crippen LogP contribution in [0, 0.1) is 11.3 Å². The first kappa shape index (κ1) is 12.8. The third-order valence-electron chi connectivity index (χ3n) is 1.95. The molecule has 1 rings (SSSR count). The fourth-order valence-corrected chi connectivity index (χ4v) is 1.20. The minimum absolute atomic E-state index is 0.259. The van der Waals surface area contributed by atoms with Gasteiger partial charge in [-0.05, 0) is 6.07 Å². The number of nitriles is 1. The molecule has 0 unspecified atom stereocenters. The van der Waals surface area contributed by atoms with Gasteiger partial charge < -0.3 is 9.47 Å². The van der Waals surface area contributed by atoms with Crippen molar-refractivity contribution in [1.82, 2.24) is 4.98 Å². The van der Waals surface area contributed by atoms with Crippen molar-refractivity contribution in [1.29, 1.82) is 5.26 Å². The second-order valence-corrected chi connectivity index (χ2v) is 2.88. The Balaban J connectivity index is 3.46. The van der Waals surface area contributed by atoms with Gasteiger partial charge in [0.05, 0.1) is 31.4 Å². The lowest BCUT2D eigenvalue weighted by atomic mass is 10.1. The molecule has 0 spiro atoms. The molecule has 0 aliphatic carbocycles. The zero-order valence-corrected chi connectivity index (χ0v) is 9.03. The Kier molecular flexibility index (Phi) is 3.93. The maximum atomic E-state index is 12.7. The van der Waals surface area contributed by atoms with Crippen LogP contribution in [0.4, 0.5) is 8.78 Å². The predicted molar refractivity (Wildman–Crippen MR) is 51.8 cm³/mol. The summed E-state index contributed by atoms with van der Waals surface area (Å²) in [6.45, 7) is 0. The molecule has 0 aromatic carbocycles. The molecule has 0 amide bonds. The number of alkyl halides is 2. The van der Waals surface area contributed by atoms with Gasteiger partial charge in [0.15, 0.2) is 5.69 Å². The molecule has 5 nitrogen and oxygen atoms in total. The summed E-state index contributed by atoms with van der Waals surface area (Å²) in [4.78, 5) is 14.8. The zero-order chi connectivity index (χ0) is 13.0. The van der Waals surface area contributed by atoms with E-state index in [1.54, 1.807) is 6.07 Å². The van der Waals surface area contributed by atoms with Crippen LogP contribution in [0.1, 0.15) is 28.0 Å². The van der Waals surface area contributed by atoms with E-state index in [0.717, 1.165) is 20.3 Å². The average Bonchev–Trinajstić information content (AvgIpc) is 2.35. The minimum Gasteiger partial charge on any atom is -0.481 e. The smallest absolute Gasteiger partial charge is 0.356 e. The van der Waals surface area contributed by atoms with Gasteiger partial charge in [-0.3, -0.25) is 0 Å². The van der Waals surface area contributed by atoms with E-state index >= 15 is 0 Å². The third kappa shape index (κ3) is 2.47. The number of pyridine rings is 1. The van der Waals surface area contributed by atoms with Crippen LogP contribution < -0.4 is 4.74 Å². The number of hydrogen-bond donors (Lipinski definition) is 0. The van der Waals surface area contributed by atoms with Crippen LogP contribution in [0.15, 0.2) is 6.07 Å². The molecule has 1 aromatic rings. The van der Waals surface area contributed by atoms with Crippen LogP contribution in [0.5, 0.6) is 5.88 Å². The molecular formula is C10H8F2N2O3. The van der Waals surface area contributed by atoms with E-state index in [0.29, 0.717) is 0 Å². The van der Waals surface area contributed by atoms with E-state index in [1.165, 1.54) is 0 Å². The number of hydrogen-bond acceptors (Lipinski definition) is 5. The van der Waals surface area contributed by atoms with Gasteiger partial charge in [0.1, 0.15) is 0 Å². The molecule has 0 atom stereocenters. The Bertz CT molecular complexity index is 483. The van der Waals surface area contributed by atoms with Crippen molar-refractivity contribution in [3.63, 3.8) is 0 Å². The van der Waals surface area contributed by atoms with Gasteiger partial charge in [-0.25, -0.2) is 18.6 Å². The number of carbonyl (C=O) groups excluding carboxylic acids is 1. The first-order chi connectivity index (χ1) is 8.04. The van der Waals surface area contributed by atoms with Gasteiger partial charge in [-0.15, -0.1) is 0 Å². The monoisotopic (exact) mass is 242 g/mol. The first-order valence-electron chi connectivity index (χ1n) is 4.40. The van der Waals surface area contributed by atoms with Crippen LogP contribution >= 0.6 is 0 Å². The maximum Gasteiger partial charge on any atom is 0.356 e. The molecule has 0 saturated carbocycles. The Morgan fingerprint density at radius 3 is 2.59 bits per heavy atom. The number of nitrogens with zero attached hydrogens (tertiary/aromatic N) is 2. The maximum absolute atomic E-state index is 12.7. The van der Waals surface area contributed by atoms with E-state index in [9.17, 15) is 13.6 Å². The van der Waals surface area contributed by atoms with E-state index in [-0.39, 0.29) is 11.3 Å². The normalized spacial score (nSPS) is 9.88. The molecule has 0 N–H and O–H groups in total. The molecule has 0 radical (unpaired) electrons. The predicted octanol–water partition coefficient (Wildman–Crippen LogP) is 1.69. The highest BCUT2D eigenvalue weighted by molar-refractivity contribution is 5.88. The van der Waals surface area contributed by atoms with Gasteiger partial charge >= 0.3 is 5.97 Å². The molecule has 0 fully saturated rings. The number of carbonyl (C=O) groups is 1. The summed E-state index contributed by atoms with van der Waals surface area (Å²) in [6, 6.07) is 2.50. The molecule has 0 bridgehead atoms. The summed E-state index contributed by atoms with van der Waals surface area (Å²) >= 11 is 0. The van der Waals surface area contributed by atoms with Gasteiger partial charge in [-0.2, -0.15) is 5.26 Å². The van der Waals surface area contributed by atoms with Crippen LogP contribution in [0.25, 0.3) is 0 Å². The Morgan fingerprint density at radius 1 is 1.53 bits per heavy atom. The molecule has 1 heterocycles. The van der Waals surface area contributed by atoms with Crippen molar-refractivity contribution < 1.29 is 23.0 Å². The van der Waals surface area contributed by atoms with Crippen LogP contribution in [0.2, 0.25) is 0 Å². The molecule has 1 aromatic heterocycles. The highest BCUT2D eigenvalue weighted by Gasteiger charge is 2.23. The molecule has 0 aliphatic heterocycles. The van der Waals surface area contributed by atoms with Gasteiger partial charge in [0.2, 0.25) is 5.88 Å². The first-order valence-corrected chi connectivity index (χ1v) is 4.40. The van der Waals surface area contributed by atoms with E-state index < -0.39 is 23.8 Å². The SMILES string of the molecule is COC(=O)c1cc(C#N)c(C(F)F)c(OC)n1. The fraction of sp³-hybridized carbons (Fsp3) is 0.300. The molecule has 7 heteroatoms. The van der Waals surface area contributed by atoms with Crippen LogP contribution in [0.3, 0.4) is 0 Å². The van der Waals surface area contributed by atoms with Crippen LogP contribution in [-0.4, -0.2) is 25.2 Å². The van der Waals surface area contributed by atoms with Crippen molar-refractivity contribution in [2.75, 3.05) is 14.2 Å². The number of aromatic nitrogens is 1. The Morgan fingerprint density at radius 2 is 2.18 bits per heavy atom. The number of methoxy groups -OCH3 is 2. The van der Waals surface area contributed by atoms with Crippen LogP contribution in [-0.2, 0) is 4.74 Å². The number of rotatable bonds is 3. The lowest BCUT2D eigenvalue weighted by Gasteiger charge is -2.09. The lowest BCUT2D eigenvalue weighted by molar-refractivity contribution is 0.0592. The van der Waals surface area contributed by atoms with Crippen molar-refractivity contribution in [2.24, 2.45) is 0 Å². The Labute approximate surface area is 95.6 Å². The number of halogens is 2. The second kappa shape index (κ2) is 5.21. The summed E-state index contributed by atoms with van der Waals surface area (Å²) in [5.74, 6) is -1.29. The minimum atomic E-state index is -2.92. The second-order valence-electron chi connectivity index (χ2n) is 2.88. The highest BCUT2D eigenvalue weighted by atomic mass is 19.3. The molecular weight excluding hydrogens is 234 g/mol. The summed E-state index contributed by atoms with van der Waals surface area (Å²) in [5, 5.41) is 8.75. The van der Waals surface area contributed by atoms with Gasteiger partial charge in [0, 0.05) is 0 Å². The summed E-state index contributed by atoms with van der Waals surface area (Å²) in [6.07, 6.45) is -2.92. The van der Waals surface area contributed by atoms with Gasteiger partial charge in [-0.1, -0.05) is 0 Å². The van der Waals surface area contributed by atoms with Gasteiger partial charge in [0.25, 0.3) is 6.43 Å². The van der Waals surface area contributed by atoms with Crippen molar-refractivity contribution in [3.05, 3.63) is 22.9 Å². The Hall–Kier alpha value is -2.23. The topological polar surface area (TPSA) is 72.2 Å². The molecule has 0 aliphatic rings. The number of esters is 1. The number of ether oxygens (including phenoxy) is 2. The standard InChI is InChI=1S/C10H8F2N2O3/c1-16-9-7(8(11)12)5(4-13)3-6(14-9)10(15)17-2/h3,8H,1-2H3. The highest BCUT2D eigenvalue weighted by Crippen LogP contribution is 2.31. The van der Waals surface area contributed by atoms with Crippen molar-refractivity contribution >= 4 is 5.97 Å². The quantitative estimate of drug-likeness (QED) is 0.754. The summed E-state index contributed by atoms with van der Waals surface area (Å²) in [5.41, 5.74) is -1.26. The lowest BCUT2D eigenvalue weighted by Crippen LogP contribution is -2.09. The van der Waals surface area contributed by atoms with Crippen molar-refractivity contribution in [3.8, 4) is 11.9 Å². The average molecular weight is 242 g/mol.